The van der Waals surface area contributed by atoms with E-state index < -0.39 is 0 Å². The molecule has 24 heavy (non-hydrogen) atoms. The van der Waals surface area contributed by atoms with Crippen molar-refractivity contribution in [2.75, 3.05) is 45.8 Å². The van der Waals surface area contributed by atoms with Gasteiger partial charge in [-0.1, -0.05) is 6.92 Å². The fourth-order valence-electron chi connectivity index (χ4n) is 4.89. The average molecular weight is 348 g/mol. The van der Waals surface area contributed by atoms with Crippen molar-refractivity contribution in [1.29, 1.82) is 0 Å². The number of likely N-dealkylation sites (tertiary alicyclic amines) is 3. The minimum Gasteiger partial charge on any atom is -0.341 e. The summed E-state index contributed by atoms with van der Waals surface area (Å²) >= 11 is 1.76. The van der Waals surface area contributed by atoms with E-state index in [1.807, 2.05) is 0 Å². The Morgan fingerprint density at radius 3 is 2.79 bits per heavy atom. The number of amides is 1. The SMILES string of the molecule is C[C@@H]1CN(Cc2ccsc2)C[C@]12CCN(CCN1CCCC1)C2=O. The second-order valence-corrected chi connectivity index (χ2v) is 8.73. The Morgan fingerprint density at radius 1 is 1.21 bits per heavy atom. The first-order valence-corrected chi connectivity index (χ1v) is 10.4. The van der Waals surface area contributed by atoms with Crippen LogP contribution in [0.25, 0.3) is 0 Å². The van der Waals surface area contributed by atoms with Gasteiger partial charge in [0.2, 0.25) is 5.91 Å². The summed E-state index contributed by atoms with van der Waals surface area (Å²) in [5.74, 6) is 0.905. The number of hydrogen-bond acceptors (Lipinski definition) is 4. The second kappa shape index (κ2) is 6.77. The maximum absolute atomic E-state index is 13.2. The van der Waals surface area contributed by atoms with Crippen LogP contribution >= 0.6 is 11.3 Å². The largest absolute Gasteiger partial charge is 0.341 e. The van der Waals surface area contributed by atoms with Crippen LogP contribution < -0.4 is 0 Å². The van der Waals surface area contributed by atoms with E-state index in [9.17, 15) is 4.79 Å². The lowest BCUT2D eigenvalue weighted by atomic mass is 9.78. The third-order valence-electron chi connectivity index (χ3n) is 6.39. The molecule has 2 atom stereocenters. The summed E-state index contributed by atoms with van der Waals surface area (Å²) in [6, 6.07) is 2.21. The molecule has 0 unspecified atom stereocenters. The predicted molar refractivity (Wildman–Crippen MR) is 98.1 cm³/mol. The van der Waals surface area contributed by atoms with Crippen LogP contribution in [0, 0.1) is 11.3 Å². The van der Waals surface area contributed by atoms with E-state index in [2.05, 4.69) is 38.4 Å². The van der Waals surface area contributed by atoms with Gasteiger partial charge in [-0.05, 0) is 60.7 Å². The molecule has 0 aromatic carbocycles. The molecule has 0 N–H and O–H groups in total. The zero-order valence-electron chi connectivity index (χ0n) is 14.7. The third kappa shape index (κ3) is 3.02. The molecule has 3 saturated heterocycles. The lowest BCUT2D eigenvalue weighted by molar-refractivity contribution is -0.137. The van der Waals surface area contributed by atoms with Gasteiger partial charge in [-0.3, -0.25) is 9.69 Å². The Balaban J connectivity index is 1.36. The molecule has 1 aromatic rings. The van der Waals surface area contributed by atoms with Gasteiger partial charge in [0.15, 0.2) is 0 Å². The molecule has 0 bridgehead atoms. The molecule has 1 spiro atoms. The highest BCUT2D eigenvalue weighted by molar-refractivity contribution is 7.07. The molecule has 0 radical (unpaired) electrons. The molecule has 4 rings (SSSR count). The minimum absolute atomic E-state index is 0.110. The van der Waals surface area contributed by atoms with Crippen molar-refractivity contribution < 1.29 is 4.79 Å². The summed E-state index contributed by atoms with van der Waals surface area (Å²) in [6.07, 6.45) is 3.70. The first-order chi connectivity index (χ1) is 11.7. The van der Waals surface area contributed by atoms with Gasteiger partial charge in [0, 0.05) is 39.3 Å². The normalized spacial score (nSPS) is 31.8. The average Bonchev–Trinajstić information content (AvgIpc) is 3.32. The monoisotopic (exact) mass is 347 g/mol. The maximum atomic E-state index is 13.2. The third-order valence-corrected chi connectivity index (χ3v) is 7.13. The van der Waals surface area contributed by atoms with Gasteiger partial charge in [0.1, 0.15) is 0 Å². The molecule has 3 fully saturated rings. The number of hydrogen-bond donors (Lipinski definition) is 0. The Bertz CT molecular complexity index is 569. The van der Waals surface area contributed by atoms with E-state index in [1.165, 1.54) is 31.5 Å². The highest BCUT2D eigenvalue weighted by atomic mass is 32.1. The molecule has 4 nitrogen and oxygen atoms in total. The lowest BCUT2D eigenvalue weighted by Gasteiger charge is -2.27. The van der Waals surface area contributed by atoms with E-state index in [1.54, 1.807) is 11.3 Å². The van der Waals surface area contributed by atoms with Crippen molar-refractivity contribution in [1.82, 2.24) is 14.7 Å². The van der Waals surface area contributed by atoms with Crippen molar-refractivity contribution in [3.05, 3.63) is 22.4 Å². The molecule has 0 saturated carbocycles. The summed E-state index contributed by atoms with van der Waals surface area (Å²) < 4.78 is 0. The zero-order chi connectivity index (χ0) is 16.6. The summed E-state index contributed by atoms with van der Waals surface area (Å²) in [5.41, 5.74) is 1.28. The fraction of sp³-hybridized carbons (Fsp3) is 0.737. The molecular weight excluding hydrogens is 318 g/mol. The van der Waals surface area contributed by atoms with Crippen molar-refractivity contribution in [3.8, 4) is 0 Å². The summed E-state index contributed by atoms with van der Waals surface area (Å²) in [7, 11) is 0. The van der Waals surface area contributed by atoms with Crippen LogP contribution in [0.15, 0.2) is 16.8 Å². The van der Waals surface area contributed by atoms with Gasteiger partial charge in [-0.25, -0.2) is 0 Å². The van der Waals surface area contributed by atoms with Crippen LogP contribution in [-0.2, 0) is 11.3 Å². The number of nitrogens with zero attached hydrogens (tertiary/aromatic N) is 3. The molecule has 4 heterocycles. The van der Waals surface area contributed by atoms with E-state index in [0.29, 0.717) is 11.8 Å². The second-order valence-electron chi connectivity index (χ2n) is 7.95. The van der Waals surface area contributed by atoms with Crippen molar-refractivity contribution in [2.24, 2.45) is 11.3 Å². The number of rotatable bonds is 5. The fourth-order valence-corrected chi connectivity index (χ4v) is 5.55. The molecule has 5 heteroatoms. The van der Waals surface area contributed by atoms with Crippen LogP contribution in [-0.4, -0.2) is 66.4 Å². The molecule has 3 aliphatic heterocycles. The summed E-state index contributed by atoms with van der Waals surface area (Å²) in [4.78, 5) is 20.3. The van der Waals surface area contributed by atoms with Crippen LogP contribution in [0.1, 0.15) is 31.7 Å². The minimum atomic E-state index is -0.110. The van der Waals surface area contributed by atoms with Gasteiger partial charge in [-0.15, -0.1) is 0 Å². The Labute approximate surface area is 149 Å². The van der Waals surface area contributed by atoms with E-state index in [-0.39, 0.29) is 5.41 Å². The standard InChI is InChI=1S/C19H29N3OS/c1-16-12-21(13-17-4-11-24-14-17)15-19(16)5-8-22(18(19)23)10-9-20-6-2-3-7-20/h4,11,14,16H,2-3,5-10,12-13,15H2,1H3/t16-,19-/m1/s1. The van der Waals surface area contributed by atoms with Crippen LogP contribution in [0.5, 0.6) is 0 Å². The van der Waals surface area contributed by atoms with Gasteiger partial charge < -0.3 is 9.80 Å². The van der Waals surface area contributed by atoms with E-state index >= 15 is 0 Å². The van der Waals surface area contributed by atoms with Gasteiger partial charge in [0.05, 0.1) is 5.41 Å². The van der Waals surface area contributed by atoms with Crippen LogP contribution in [0.2, 0.25) is 0 Å². The first kappa shape index (κ1) is 16.6. The van der Waals surface area contributed by atoms with E-state index in [0.717, 1.165) is 45.7 Å². The highest BCUT2D eigenvalue weighted by Crippen LogP contribution is 2.45. The molecule has 3 aliphatic rings. The lowest BCUT2D eigenvalue weighted by Crippen LogP contribution is -2.42. The topological polar surface area (TPSA) is 26.8 Å². The first-order valence-electron chi connectivity index (χ1n) is 9.42. The molecule has 1 amide bonds. The van der Waals surface area contributed by atoms with Crippen LogP contribution in [0.4, 0.5) is 0 Å². The summed E-state index contributed by atoms with van der Waals surface area (Å²) in [5, 5.41) is 4.37. The van der Waals surface area contributed by atoms with Gasteiger partial charge >= 0.3 is 0 Å². The smallest absolute Gasteiger partial charge is 0.230 e. The molecular formula is C19H29N3OS. The van der Waals surface area contributed by atoms with Crippen molar-refractivity contribution in [2.45, 2.75) is 32.7 Å². The molecule has 0 aliphatic carbocycles. The Kier molecular flexibility index (Phi) is 4.67. The Morgan fingerprint density at radius 2 is 2.04 bits per heavy atom. The summed E-state index contributed by atoms with van der Waals surface area (Å²) in [6.45, 7) is 10.7. The number of carbonyl (C=O) groups is 1. The molecule has 132 valence electrons. The van der Waals surface area contributed by atoms with Crippen molar-refractivity contribution in [3.63, 3.8) is 0 Å². The van der Waals surface area contributed by atoms with Gasteiger partial charge in [-0.2, -0.15) is 11.3 Å². The zero-order valence-corrected chi connectivity index (χ0v) is 15.6. The van der Waals surface area contributed by atoms with Crippen molar-refractivity contribution >= 4 is 17.2 Å². The van der Waals surface area contributed by atoms with Gasteiger partial charge in [0.25, 0.3) is 0 Å². The van der Waals surface area contributed by atoms with E-state index in [4.69, 9.17) is 0 Å². The Hall–Kier alpha value is -0.910. The maximum Gasteiger partial charge on any atom is 0.230 e. The van der Waals surface area contributed by atoms with Crippen LogP contribution in [0.3, 0.4) is 0 Å². The number of thiophene rings is 1. The highest BCUT2D eigenvalue weighted by Gasteiger charge is 2.54. The number of carbonyl (C=O) groups excluding carboxylic acids is 1. The molecule has 1 aromatic heterocycles. The predicted octanol–water partition coefficient (Wildman–Crippen LogP) is 2.51. The quantitative estimate of drug-likeness (QED) is 0.819.